The van der Waals surface area contributed by atoms with Crippen molar-refractivity contribution in [2.75, 3.05) is 38.2 Å². The summed E-state index contributed by atoms with van der Waals surface area (Å²) in [6.07, 6.45) is 0.696. The van der Waals surface area contributed by atoms with E-state index in [9.17, 15) is 13.6 Å². The van der Waals surface area contributed by atoms with Crippen LogP contribution >= 0.6 is 24.0 Å². The highest BCUT2D eigenvalue weighted by Crippen LogP contribution is 2.26. The number of aliphatic imine (C=N–C) groups is 1. The van der Waals surface area contributed by atoms with E-state index in [1.54, 1.807) is 12.0 Å². The van der Waals surface area contributed by atoms with Gasteiger partial charge in [-0.15, -0.1) is 24.0 Å². The third-order valence-corrected chi connectivity index (χ3v) is 5.16. The van der Waals surface area contributed by atoms with Crippen molar-refractivity contribution in [1.29, 1.82) is 0 Å². The molecule has 180 valence electrons. The Morgan fingerprint density at radius 3 is 2.48 bits per heavy atom. The second-order valence-electron chi connectivity index (χ2n) is 7.47. The number of nitrogens with zero attached hydrogens (tertiary/aromatic N) is 2. The first-order valence-corrected chi connectivity index (χ1v) is 10.6. The second kappa shape index (κ2) is 13.2. The number of anilines is 1. The molecule has 1 fully saturated rings. The van der Waals surface area contributed by atoms with Gasteiger partial charge in [-0.05, 0) is 43.2 Å². The number of amides is 1. The highest BCUT2D eigenvalue weighted by atomic mass is 127. The summed E-state index contributed by atoms with van der Waals surface area (Å²) in [5, 5.41) is 9.20. The number of nitrogens with one attached hydrogen (secondary N) is 3. The van der Waals surface area contributed by atoms with E-state index in [0.717, 1.165) is 11.3 Å². The highest BCUT2D eigenvalue weighted by molar-refractivity contribution is 14.0. The van der Waals surface area contributed by atoms with Crippen molar-refractivity contribution >= 4 is 41.5 Å². The van der Waals surface area contributed by atoms with Crippen LogP contribution in [-0.4, -0.2) is 51.2 Å². The predicted molar refractivity (Wildman–Crippen MR) is 136 cm³/mol. The average Bonchev–Trinajstić information content (AvgIpc) is 3.24. The number of carbonyl (C=O) groups is 1. The maximum absolute atomic E-state index is 14.1. The van der Waals surface area contributed by atoms with Crippen LogP contribution in [0.2, 0.25) is 0 Å². The van der Waals surface area contributed by atoms with Gasteiger partial charge in [0.05, 0.1) is 7.11 Å². The Kier molecular flexibility index (Phi) is 10.6. The molecule has 0 spiro atoms. The number of ether oxygens (including phenoxy) is 1. The van der Waals surface area contributed by atoms with Crippen LogP contribution in [0.15, 0.2) is 47.5 Å². The van der Waals surface area contributed by atoms with Gasteiger partial charge >= 0.3 is 0 Å². The van der Waals surface area contributed by atoms with E-state index in [4.69, 9.17) is 4.74 Å². The van der Waals surface area contributed by atoms with Crippen molar-refractivity contribution in [1.82, 2.24) is 16.0 Å². The zero-order valence-electron chi connectivity index (χ0n) is 18.7. The number of hydrogen-bond acceptors (Lipinski definition) is 4. The SMILES string of the molecule is CCNC(=NCC(=O)NCc1ccc(OC)cc1)NC1CCN(c2c(F)cccc2F)C1.I. The van der Waals surface area contributed by atoms with Gasteiger partial charge in [-0.1, -0.05) is 18.2 Å². The molecular weight excluding hydrogens is 543 g/mol. The van der Waals surface area contributed by atoms with Gasteiger partial charge in [-0.25, -0.2) is 13.8 Å². The van der Waals surface area contributed by atoms with Crippen LogP contribution in [-0.2, 0) is 11.3 Å². The Hall–Kier alpha value is -2.63. The smallest absolute Gasteiger partial charge is 0.242 e. The first kappa shape index (κ1) is 26.6. The average molecular weight is 573 g/mol. The number of methoxy groups -OCH3 is 1. The number of rotatable bonds is 8. The maximum Gasteiger partial charge on any atom is 0.242 e. The van der Waals surface area contributed by atoms with E-state index in [2.05, 4.69) is 20.9 Å². The molecule has 3 N–H and O–H groups in total. The molecule has 1 amide bonds. The van der Waals surface area contributed by atoms with Crippen molar-refractivity contribution in [2.45, 2.75) is 25.9 Å². The minimum absolute atomic E-state index is 0. The van der Waals surface area contributed by atoms with Crippen LogP contribution in [0.4, 0.5) is 14.5 Å². The largest absolute Gasteiger partial charge is 0.497 e. The van der Waals surface area contributed by atoms with E-state index < -0.39 is 11.6 Å². The molecule has 1 aliphatic heterocycles. The van der Waals surface area contributed by atoms with Gasteiger partial charge < -0.3 is 25.6 Å². The highest BCUT2D eigenvalue weighted by Gasteiger charge is 2.27. The lowest BCUT2D eigenvalue weighted by atomic mass is 10.2. The Morgan fingerprint density at radius 2 is 1.85 bits per heavy atom. The van der Waals surface area contributed by atoms with Crippen molar-refractivity contribution < 1.29 is 18.3 Å². The van der Waals surface area contributed by atoms with Gasteiger partial charge in [-0.2, -0.15) is 0 Å². The third-order valence-electron chi connectivity index (χ3n) is 5.16. The van der Waals surface area contributed by atoms with E-state index >= 15 is 0 Å². The van der Waals surface area contributed by atoms with E-state index in [-0.39, 0.29) is 48.2 Å². The first-order valence-electron chi connectivity index (χ1n) is 10.6. The van der Waals surface area contributed by atoms with Crippen LogP contribution < -0.4 is 25.6 Å². The van der Waals surface area contributed by atoms with Gasteiger partial charge in [0.2, 0.25) is 5.91 Å². The molecule has 1 atom stereocenters. The molecule has 0 bridgehead atoms. The lowest BCUT2D eigenvalue weighted by Crippen LogP contribution is -2.45. The fraction of sp³-hybridized carbons (Fsp3) is 0.391. The summed E-state index contributed by atoms with van der Waals surface area (Å²) in [6.45, 7) is 3.87. The molecular formula is C23H30F2IN5O2. The quantitative estimate of drug-likeness (QED) is 0.257. The van der Waals surface area contributed by atoms with Crippen molar-refractivity contribution in [3.63, 3.8) is 0 Å². The second-order valence-corrected chi connectivity index (χ2v) is 7.47. The monoisotopic (exact) mass is 573 g/mol. The normalized spacial score (nSPS) is 15.6. The zero-order chi connectivity index (χ0) is 22.9. The standard InChI is InChI=1S/C23H29F2N5O2.HI/c1-3-26-23(28-14-21(31)27-13-16-7-9-18(32-2)10-8-16)29-17-11-12-30(15-17)22-19(24)5-4-6-20(22)25;/h4-10,17H,3,11-15H2,1-2H3,(H,27,31)(H2,26,28,29);1H. The van der Waals surface area contributed by atoms with Gasteiger partial charge in [0.25, 0.3) is 0 Å². The summed E-state index contributed by atoms with van der Waals surface area (Å²) in [7, 11) is 1.60. The molecule has 33 heavy (non-hydrogen) atoms. The molecule has 3 rings (SSSR count). The number of benzene rings is 2. The van der Waals surface area contributed by atoms with Gasteiger partial charge in [0, 0.05) is 32.2 Å². The molecule has 0 saturated carbocycles. The molecule has 7 nitrogen and oxygen atoms in total. The van der Waals surface area contributed by atoms with Crippen molar-refractivity contribution in [3.05, 3.63) is 59.7 Å². The predicted octanol–water partition coefficient (Wildman–Crippen LogP) is 3.04. The molecule has 2 aromatic carbocycles. The molecule has 0 aliphatic carbocycles. The maximum atomic E-state index is 14.1. The van der Waals surface area contributed by atoms with Crippen molar-refractivity contribution in [2.24, 2.45) is 4.99 Å². The molecule has 0 radical (unpaired) electrons. The molecule has 0 aromatic heterocycles. The summed E-state index contributed by atoms with van der Waals surface area (Å²) in [5.74, 6) is -0.0961. The molecule has 1 aliphatic rings. The van der Waals surface area contributed by atoms with Crippen LogP contribution in [0, 0.1) is 11.6 Å². The topological polar surface area (TPSA) is 78.0 Å². The number of para-hydroxylation sites is 1. The number of guanidine groups is 1. The van der Waals surface area contributed by atoms with E-state index in [1.807, 2.05) is 31.2 Å². The summed E-state index contributed by atoms with van der Waals surface area (Å²) in [5.41, 5.74) is 0.955. The Balaban J connectivity index is 0.00000385. The number of halogens is 3. The third kappa shape index (κ3) is 7.72. The van der Waals surface area contributed by atoms with Gasteiger partial charge in [-0.3, -0.25) is 4.79 Å². The first-order chi connectivity index (χ1) is 15.5. The van der Waals surface area contributed by atoms with Gasteiger partial charge in [0.1, 0.15) is 29.6 Å². The van der Waals surface area contributed by atoms with Crippen LogP contribution in [0.1, 0.15) is 18.9 Å². The lowest BCUT2D eigenvalue weighted by Gasteiger charge is -2.21. The minimum Gasteiger partial charge on any atom is -0.497 e. The van der Waals surface area contributed by atoms with Crippen LogP contribution in [0.5, 0.6) is 5.75 Å². The molecule has 1 unspecified atom stereocenters. The van der Waals surface area contributed by atoms with Crippen LogP contribution in [0.3, 0.4) is 0 Å². The zero-order valence-corrected chi connectivity index (χ0v) is 21.1. The number of carbonyl (C=O) groups excluding carboxylic acids is 1. The Labute approximate surface area is 210 Å². The summed E-state index contributed by atoms with van der Waals surface area (Å²) in [4.78, 5) is 18.2. The Morgan fingerprint density at radius 1 is 1.15 bits per heavy atom. The lowest BCUT2D eigenvalue weighted by molar-refractivity contribution is -0.119. The molecule has 10 heteroatoms. The van der Waals surface area contributed by atoms with Crippen LogP contribution in [0.25, 0.3) is 0 Å². The van der Waals surface area contributed by atoms with E-state index in [1.165, 1.54) is 18.2 Å². The fourth-order valence-electron chi connectivity index (χ4n) is 3.54. The fourth-order valence-corrected chi connectivity index (χ4v) is 3.54. The van der Waals surface area contributed by atoms with Crippen molar-refractivity contribution in [3.8, 4) is 5.75 Å². The summed E-state index contributed by atoms with van der Waals surface area (Å²) >= 11 is 0. The Bertz CT molecular complexity index is 923. The summed E-state index contributed by atoms with van der Waals surface area (Å²) in [6, 6.07) is 11.3. The molecule has 1 saturated heterocycles. The summed E-state index contributed by atoms with van der Waals surface area (Å²) < 4.78 is 33.3. The molecule has 1 heterocycles. The van der Waals surface area contributed by atoms with E-state index in [0.29, 0.717) is 38.6 Å². The minimum atomic E-state index is -0.570. The number of hydrogen-bond donors (Lipinski definition) is 3. The molecule has 2 aromatic rings. The van der Waals surface area contributed by atoms with Gasteiger partial charge in [0.15, 0.2) is 5.96 Å².